The van der Waals surface area contributed by atoms with Crippen molar-refractivity contribution < 1.29 is 4.74 Å². The van der Waals surface area contributed by atoms with Crippen LogP contribution in [0, 0.1) is 0 Å². The lowest BCUT2D eigenvalue weighted by Crippen LogP contribution is -2.24. The number of hydrogen-bond acceptors (Lipinski definition) is 2. The molecule has 1 rings (SSSR count). The lowest BCUT2D eigenvalue weighted by atomic mass is 10.4. The van der Waals surface area contributed by atoms with Crippen LogP contribution in [0.2, 0.25) is 5.02 Å². The third kappa shape index (κ3) is 5.12. The molecule has 0 saturated heterocycles. The maximum absolute atomic E-state index is 6.15. The molecule has 4 heteroatoms. The van der Waals surface area contributed by atoms with Crippen LogP contribution in [0.1, 0.15) is 13.8 Å². The van der Waals surface area contributed by atoms with Crippen molar-refractivity contribution in [2.45, 2.75) is 23.8 Å². The number of thioether (sulfide) groups is 1. The van der Waals surface area contributed by atoms with E-state index < -0.39 is 5.06 Å². The molecule has 1 unspecified atom stereocenters. The van der Waals surface area contributed by atoms with Gasteiger partial charge in [-0.15, -0.1) is 11.8 Å². The van der Waals surface area contributed by atoms with E-state index in [0.29, 0.717) is 12.4 Å². The topological polar surface area (TPSA) is 9.23 Å². The zero-order chi connectivity index (χ0) is 11.3. The van der Waals surface area contributed by atoms with E-state index in [-0.39, 0.29) is 0 Å². The van der Waals surface area contributed by atoms with E-state index in [2.05, 4.69) is 0 Å². The van der Waals surface area contributed by atoms with E-state index in [1.807, 2.05) is 38.1 Å². The van der Waals surface area contributed by atoms with Gasteiger partial charge in [0.05, 0.1) is 0 Å². The summed E-state index contributed by atoms with van der Waals surface area (Å²) in [5.74, 6) is 0.712. The Hall–Kier alpha value is 0.110. The maximum atomic E-state index is 6.15. The Bertz CT molecular complexity index is 298. The van der Waals surface area contributed by atoms with E-state index in [4.69, 9.17) is 27.9 Å². The van der Waals surface area contributed by atoms with Crippen molar-refractivity contribution >= 4 is 35.0 Å². The number of halogens is 2. The van der Waals surface area contributed by atoms with Gasteiger partial charge in [0.2, 0.25) is 0 Å². The Balaban J connectivity index is 2.46. The smallest absolute Gasteiger partial charge is 0.148 e. The summed E-state index contributed by atoms with van der Waals surface area (Å²) in [4.78, 5) is 1.14. The van der Waals surface area contributed by atoms with Crippen molar-refractivity contribution in [3.63, 3.8) is 0 Å². The predicted octanol–water partition coefficient (Wildman–Crippen LogP) is 4.42. The quantitative estimate of drug-likeness (QED) is 0.575. The van der Waals surface area contributed by atoms with Crippen molar-refractivity contribution in [3.8, 4) is 0 Å². The van der Waals surface area contributed by atoms with Crippen molar-refractivity contribution in [2.24, 2.45) is 0 Å². The highest BCUT2D eigenvalue weighted by Crippen LogP contribution is 2.28. The number of ether oxygens (including phenoxy) is 1. The molecule has 1 nitrogen and oxygen atoms in total. The summed E-state index contributed by atoms with van der Waals surface area (Å²) < 4.78 is 5.39. The standard InChI is InChI=1S/C11H14Cl2OS/c1-3-14-11(2,13)8-15-10-6-4-9(12)5-7-10/h4-7H,3,8H2,1-2H3. The molecule has 84 valence electrons. The highest BCUT2D eigenvalue weighted by molar-refractivity contribution is 7.99. The van der Waals surface area contributed by atoms with Crippen LogP contribution in [0.4, 0.5) is 0 Å². The maximum Gasteiger partial charge on any atom is 0.148 e. The third-order valence-electron chi connectivity index (χ3n) is 1.76. The number of hydrogen-bond donors (Lipinski definition) is 0. The Morgan fingerprint density at radius 3 is 2.47 bits per heavy atom. The summed E-state index contributed by atoms with van der Waals surface area (Å²) in [5, 5.41) is 0.150. The van der Waals surface area contributed by atoms with Gasteiger partial charge >= 0.3 is 0 Å². The first-order valence-corrected chi connectivity index (χ1v) is 6.49. The summed E-state index contributed by atoms with van der Waals surface area (Å²) in [6, 6.07) is 7.70. The van der Waals surface area contributed by atoms with E-state index in [1.54, 1.807) is 11.8 Å². The Labute approximate surface area is 105 Å². The molecule has 0 bridgehead atoms. The van der Waals surface area contributed by atoms with Crippen LogP contribution >= 0.6 is 35.0 Å². The fraction of sp³-hybridized carbons (Fsp3) is 0.455. The lowest BCUT2D eigenvalue weighted by molar-refractivity contribution is 0.0598. The van der Waals surface area contributed by atoms with Crippen molar-refractivity contribution in [1.82, 2.24) is 0 Å². The van der Waals surface area contributed by atoms with Crippen LogP contribution in [0.5, 0.6) is 0 Å². The summed E-state index contributed by atoms with van der Waals surface area (Å²) in [6.45, 7) is 4.44. The largest absolute Gasteiger partial charge is 0.359 e. The minimum absolute atomic E-state index is 0.598. The van der Waals surface area contributed by atoms with Crippen LogP contribution in [0.25, 0.3) is 0 Å². The third-order valence-corrected chi connectivity index (χ3v) is 3.71. The minimum Gasteiger partial charge on any atom is -0.359 e. The predicted molar refractivity (Wildman–Crippen MR) is 68.1 cm³/mol. The summed E-state index contributed by atoms with van der Waals surface area (Å²) in [6.07, 6.45) is 0. The van der Waals surface area contributed by atoms with Gasteiger partial charge in [-0.05, 0) is 38.1 Å². The van der Waals surface area contributed by atoms with E-state index >= 15 is 0 Å². The second kappa shape index (κ2) is 6.00. The number of alkyl halides is 1. The van der Waals surface area contributed by atoms with E-state index in [0.717, 1.165) is 9.92 Å². The first-order chi connectivity index (χ1) is 7.03. The van der Waals surface area contributed by atoms with Crippen LogP contribution in [-0.2, 0) is 4.74 Å². The summed E-state index contributed by atoms with van der Waals surface area (Å²) in [5.41, 5.74) is 0. The molecule has 0 aromatic heterocycles. The summed E-state index contributed by atoms with van der Waals surface area (Å²) >= 11 is 13.6. The first kappa shape index (κ1) is 13.2. The zero-order valence-corrected chi connectivity index (χ0v) is 11.1. The molecule has 0 N–H and O–H groups in total. The molecule has 0 aliphatic heterocycles. The molecule has 0 amide bonds. The van der Waals surface area contributed by atoms with Crippen LogP contribution in [0.3, 0.4) is 0 Å². The van der Waals surface area contributed by atoms with Gasteiger partial charge in [0.15, 0.2) is 0 Å². The molecule has 1 atom stereocenters. The van der Waals surface area contributed by atoms with Crippen molar-refractivity contribution in [1.29, 1.82) is 0 Å². The molecule has 0 spiro atoms. The Morgan fingerprint density at radius 2 is 1.93 bits per heavy atom. The molecular weight excluding hydrogens is 251 g/mol. The van der Waals surface area contributed by atoms with Crippen molar-refractivity contribution in [3.05, 3.63) is 29.3 Å². The van der Waals surface area contributed by atoms with Crippen LogP contribution < -0.4 is 0 Å². The fourth-order valence-electron chi connectivity index (χ4n) is 1.09. The molecule has 0 saturated carbocycles. The molecule has 0 heterocycles. The highest BCUT2D eigenvalue weighted by atomic mass is 35.5. The Morgan fingerprint density at radius 1 is 1.33 bits per heavy atom. The molecular formula is C11H14Cl2OS. The van der Waals surface area contributed by atoms with Gasteiger partial charge in [-0.1, -0.05) is 23.2 Å². The van der Waals surface area contributed by atoms with Gasteiger partial charge in [-0.2, -0.15) is 0 Å². The minimum atomic E-state index is -0.598. The van der Waals surface area contributed by atoms with Gasteiger partial charge in [0.25, 0.3) is 0 Å². The first-order valence-electron chi connectivity index (χ1n) is 4.75. The fourth-order valence-corrected chi connectivity index (χ4v) is 2.32. The van der Waals surface area contributed by atoms with Crippen LogP contribution in [-0.4, -0.2) is 17.4 Å². The highest BCUT2D eigenvalue weighted by Gasteiger charge is 2.20. The van der Waals surface area contributed by atoms with Gasteiger partial charge in [0, 0.05) is 22.3 Å². The average Bonchev–Trinajstić information content (AvgIpc) is 2.17. The van der Waals surface area contributed by atoms with Gasteiger partial charge in [-0.25, -0.2) is 0 Å². The van der Waals surface area contributed by atoms with Crippen molar-refractivity contribution in [2.75, 3.05) is 12.4 Å². The summed E-state index contributed by atoms with van der Waals surface area (Å²) in [7, 11) is 0. The SMILES string of the molecule is CCOC(C)(Cl)CSc1ccc(Cl)cc1. The Kier molecular flexibility index (Phi) is 5.27. The zero-order valence-electron chi connectivity index (χ0n) is 8.80. The molecule has 0 aliphatic rings. The molecule has 0 radical (unpaired) electrons. The molecule has 0 aliphatic carbocycles. The average molecular weight is 265 g/mol. The monoisotopic (exact) mass is 264 g/mol. The van der Waals surface area contributed by atoms with Gasteiger partial charge in [0.1, 0.15) is 5.06 Å². The second-order valence-electron chi connectivity index (χ2n) is 3.28. The lowest BCUT2D eigenvalue weighted by Gasteiger charge is -2.21. The molecule has 15 heavy (non-hydrogen) atoms. The molecule has 1 aromatic rings. The molecule has 0 fully saturated rings. The normalized spacial score (nSPS) is 14.9. The van der Waals surface area contributed by atoms with Gasteiger partial charge in [-0.3, -0.25) is 0 Å². The number of benzene rings is 1. The van der Waals surface area contributed by atoms with Gasteiger partial charge < -0.3 is 4.74 Å². The van der Waals surface area contributed by atoms with E-state index in [9.17, 15) is 0 Å². The molecule has 1 aromatic carbocycles. The second-order valence-corrected chi connectivity index (χ2v) is 5.56. The van der Waals surface area contributed by atoms with Crippen LogP contribution in [0.15, 0.2) is 29.2 Å². The van der Waals surface area contributed by atoms with E-state index in [1.165, 1.54) is 0 Å². The number of rotatable bonds is 5.